The fraction of sp³-hybridized carbons (Fsp3) is 0.333. The van der Waals surface area contributed by atoms with Crippen molar-refractivity contribution >= 4 is 25.2 Å². The van der Waals surface area contributed by atoms with Crippen LogP contribution in [0.4, 0.5) is 5.69 Å². The monoisotopic (exact) mass is 363 g/mol. The van der Waals surface area contributed by atoms with Gasteiger partial charge in [-0.05, 0) is 49.1 Å². The molecule has 2 N–H and O–H groups in total. The molecule has 2 rings (SSSR count). The number of benzene rings is 2. The molecule has 24 heavy (non-hydrogen) atoms. The minimum Gasteiger partial charge on any atom is -0.263 e. The SMILES string of the molecule is CCCNP(=O)(NCCC)N(Sc1ccccc1)c1ccccc1. The maximum absolute atomic E-state index is 13.7. The van der Waals surface area contributed by atoms with E-state index in [9.17, 15) is 4.57 Å². The van der Waals surface area contributed by atoms with Crippen molar-refractivity contribution in [2.24, 2.45) is 0 Å². The van der Waals surface area contributed by atoms with Gasteiger partial charge in [-0.2, -0.15) is 0 Å². The van der Waals surface area contributed by atoms with Gasteiger partial charge >= 0.3 is 7.59 Å². The molecule has 2 aromatic carbocycles. The normalized spacial score (nSPS) is 11.4. The molecule has 2 aromatic rings. The molecule has 0 aliphatic carbocycles. The van der Waals surface area contributed by atoms with Crippen LogP contribution in [0.3, 0.4) is 0 Å². The average molecular weight is 363 g/mol. The summed E-state index contributed by atoms with van der Waals surface area (Å²) < 4.78 is 15.6. The predicted molar refractivity (Wildman–Crippen MR) is 105 cm³/mol. The van der Waals surface area contributed by atoms with Crippen LogP contribution in [-0.4, -0.2) is 13.1 Å². The van der Waals surface area contributed by atoms with Crippen LogP contribution in [0.5, 0.6) is 0 Å². The number of nitrogens with zero attached hydrogens (tertiary/aromatic N) is 1. The third-order valence-corrected chi connectivity index (χ3v) is 7.17. The second kappa shape index (κ2) is 9.90. The van der Waals surface area contributed by atoms with Crippen LogP contribution in [0.25, 0.3) is 0 Å². The molecule has 130 valence electrons. The lowest BCUT2D eigenvalue weighted by Gasteiger charge is -2.33. The van der Waals surface area contributed by atoms with Gasteiger partial charge in [0.1, 0.15) is 0 Å². The van der Waals surface area contributed by atoms with Gasteiger partial charge in [0, 0.05) is 18.0 Å². The Morgan fingerprint density at radius 1 is 0.875 bits per heavy atom. The molecule has 0 aliphatic rings. The summed E-state index contributed by atoms with van der Waals surface area (Å²) in [6.07, 6.45) is 1.85. The molecule has 0 radical (unpaired) electrons. The quantitative estimate of drug-likeness (QED) is 0.442. The lowest BCUT2D eigenvalue weighted by molar-refractivity contribution is 0.553. The van der Waals surface area contributed by atoms with Gasteiger partial charge in [0.2, 0.25) is 0 Å². The molecule has 0 saturated heterocycles. The Morgan fingerprint density at radius 3 is 1.88 bits per heavy atom. The predicted octanol–water partition coefficient (Wildman–Crippen LogP) is 5.31. The van der Waals surface area contributed by atoms with Gasteiger partial charge in [-0.25, -0.2) is 14.3 Å². The Labute approximate surface area is 149 Å². The molecule has 0 amide bonds. The number of para-hydroxylation sites is 1. The highest BCUT2D eigenvalue weighted by Gasteiger charge is 2.31. The van der Waals surface area contributed by atoms with E-state index in [1.807, 2.05) is 64.7 Å². The van der Waals surface area contributed by atoms with Crippen molar-refractivity contribution in [2.75, 3.05) is 17.2 Å². The molecule has 0 saturated carbocycles. The van der Waals surface area contributed by atoms with Crippen LogP contribution in [0.2, 0.25) is 0 Å². The average Bonchev–Trinajstić information content (AvgIpc) is 2.64. The molecule has 0 aromatic heterocycles. The molecule has 4 nitrogen and oxygen atoms in total. The van der Waals surface area contributed by atoms with Crippen LogP contribution in [0, 0.1) is 0 Å². The van der Waals surface area contributed by atoms with Crippen LogP contribution >= 0.6 is 19.5 Å². The first kappa shape index (κ1) is 19.1. The van der Waals surface area contributed by atoms with Gasteiger partial charge in [0.15, 0.2) is 0 Å². The van der Waals surface area contributed by atoms with Gasteiger partial charge in [0.05, 0.1) is 5.69 Å². The number of anilines is 1. The summed E-state index contributed by atoms with van der Waals surface area (Å²) in [7, 11) is -2.95. The third kappa shape index (κ3) is 5.38. The fourth-order valence-electron chi connectivity index (χ4n) is 2.12. The number of hydrogen-bond donors (Lipinski definition) is 2. The maximum atomic E-state index is 13.7. The molecule has 0 unspecified atom stereocenters. The number of rotatable bonds is 10. The smallest absolute Gasteiger partial charge is 0.263 e. The van der Waals surface area contributed by atoms with Crippen LogP contribution in [0.15, 0.2) is 65.6 Å². The largest absolute Gasteiger partial charge is 0.316 e. The first-order chi connectivity index (χ1) is 11.7. The van der Waals surface area contributed by atoms with E-state index in [1.54, 1.807) is 0 Å². The molecule has 0 atom stereocenters. The number of hydrogen-bond acceptors (Lipinski definition) is 2. The topological polar surface area (TPSA) is 44.4 Å². The summed E-state index contributed by atoms with van der Waals surface area (Å²) in [5.74, 6) is 0. The second-order valence-corrected chi connectivity index (χ2v) is 8.88. The van der Waals surface area contributed by atoms with Crippen molar-refractivity contribution < 1.29 is 4.57 Å². The Hall–Kier alpha value is -1.26. The fourth-order valence-corrected chi connectivity index (χ4v) is 5.80. The molecule has 0 spiro atoms. The van der Waals surface area contributed by atoms with E-state index in [2.05, 4.69) is 24.0 Å². The minimum atomic E-state index is -2.95. The van der Waals surface area contributed by atoms with Crippen molar-refractivity contribution in [1.29, 1.82) is 0 Å². The molecule has 0 aliphatic heterocycles. The molecule has 0 bridgehead atoms. The Balaban J connectivity index is 2.35. The molecule has 0 heterocycles. The van der Waals surface area contributed by atoms with E-state index < -0.39 is 7.59 Å². The standard InChI is InChI=1S/C18H26N3OPS/c1-3-15-19-23(22,20-16-4-2)21(17-11-7-5-8-12-17)24-18-13-9-6-10-14-18/h5-14H,3-4,15-16H2,1-2H3,(H2,19,20,22). The van der Waals surface area contributed by atoms with Gasteiger partial charge < -0.3 is 0 Å². The second-order valence-electron chi connectivity index (χ2n) is 5.41. The van der Waals surface area contributed by atoms with Crippen molar-refractivity contribution in [3.8, 4) is 0 Å². The zero-order valence-electron chi connectivity index (χ0n) is 14.3. The van der Waals surface area contributed by atoms with E-state index in [0.29, 0.717) is 13.1 Å². The summed E-state index contributed by atoms with van der Waals surface area (Å²) in [6.45, 7) is 5.56. The van der Waals surface area contributed by atoms with Crippen molar-refractivity contribution in [3.63, 3.8) is 0 Å². The summed E-state index contributed by atoms with van der Waals surface area (Å²) >= 11 is 1.49. The lowest BCUT2D eigenvalue weighted by atomic mass is 10.3. The van der Waals surface area contributed by atoms with E-state index >= 15 is 0 Å². The molecule has 6 heteroatoms. The molecule has 0 fully saturated rings. The van der Waals surface area contributed by atoms with Crippen LogP contribution < -0.4 is 14.3 Å². The van der Waals surface area contributed by atoms with Crippen molar-refractivity contribution in [1.82, 2.24) is 10.2 Å². The van der Waals surface area contributed by atoms with Gasteiger partial charge in [0.25, 0.3) is 0 Å². The Kier molecular flexibility index (Phi) is 7.86. The Bertz CT molecular complexity index is 627. The summed E-state index contributed by atoms with van der Waals surface area (Å²) in [5.41, 5.74) is 0.918. The highest BCUT2D eigenvalue weighted by atomic mass is 32.2. The third-order valence-electron chi connectivity index (χ3n) is 3.32. The van der Waals surface area contributed by atoms with Gasteiger partial charge in [-0.1, -0.05) is 50.2 Å². The van der Waals surface area contributed by atoms with E-state index in [4.69, 9.17) is 0 Å². The van der Waals surface area contributed by atoms with E-state index in [-0.39, 0.29) is 0 Å². The Morgan fingerprint density at radius 2 is 1.38 bits per heavy atom. The zero-order chi connectivity index (χ0) is 17.3. The number of nitrogens with one attached hydrogen (secondary N) is 2. The highest BCUT2D eigenvalue weighted by molar-refractivity contribution is 8.07. The molecular formula is C18H26N3OPS. The summed E-state index contributed by atoms with van der Waals surface area (Å²) in [5, 5.41) is 6.50. The van der Waals surface area contributed by atoms with E-state index in [1.165, 1.54) is 11.9 Å². The minimum absolute atomic E-state index is 0.701. The summed E-state index contributed by atoms with van der Waals surface area (Å²) in [6, 6.07) is 19.9. The zero-order valence-corrected chi connectivity index (χ0v) is 16.0. The van der Waals surface area contributed by atoms with Crippen LogP contribution in [0.1, 0.15) is 26.7 Å². The maximum Gasteiger partial charge on any atom is 0.316 e. The lowest BCUT2D eigenvalue weighted by Crippen LogP contribution is -2.33. The van der Waals surface area contributed by atoms with Gasteiger partial charge in [-0.15, -0.1) is 0 Å². The highest BCUT2D eigenvalue weighted by Crippen LogP contribution is 2.51. The van der Waals surface area contributed by atoms with Crippen molar-refractivity contribution in [2.45, 2.75) is 31.6 Å². The first-order valence-electron chi connectivity index (χ1n) is 8.38. The summed E-state index contributed by atoms with van der Waals surface area (Å²) in [4.78, 5) is 1.05. The van der Waals surface area contributed by atoms with E-state index in [0.717, 1.165) is 23.4 Å². The first-order valence-corrected chi connectivity index (χ1v) is 10.8. The van der Waals surface area contributed by atoms with Gasteiger partial charge in [-0.3, -0.25) is 4.57 Å². The van der Waals surface area contributed by atoms with Crippen molar-refractivity contribution in [3.05, 3.63) is 60.7 Å². The molecular weight excluding hydrogens is 337 g/mol. The van der Waals surface area contributed by atoms with Crippen LogP contribution in [-0.2, 0) is 4.57 Å².